The van der Waals surface area contributed by atoms with E-state index in [1.165, 1.54) is 0 Å². The number of nitrogens with two attached hydrogens (primary N) is 1. The fourth-order valence-corrected chi connectivity index (χ4v) is 1.94. The second-order valence-corrected chi connectivity index (χ2v) is 4.34. The minimum absolute atomic E-state index is 0.310. The second-order valence-electron chi connectivity index (χ2n) is 3.96. The van der Waals surface area contributed by atoms with Crippen LogP contribution in [0.15, 0.2) is 6.07 Å². The van der Waals surface area contributed by atoms with Gasteiger partial charge in [0.05, 0.1) is 13.2 Å². The lowest BCUT2D eigenvalue weighted by atomic mass is 10.2. The molecule has 1 aromatic heterocycles. The first-order chi connectivity index (χ1) is 9.10. The number of morpholine rings is 1. The first-order valence-corrected chi connectivity index (χ1v) is 6.11. The molecule has 9 heteroatoms. The van der Waals surface area contributed by atoms with Crippen molar-refractivity contribution < 1.29 is 9.53 Å². The Labute approximate surface area is 115 Å². The van der Waals surface area contributed by atoms with E-state index < -0.39 is 12.0 Å². The lowest BCUT2D eigenvalue weighted by Crippen LogP contribution is -2.48. The molecule has 0 spiro atoms. The predicted octanol–water partition coefficient (Wildman–Crippen LogP) is -0.633. The number of aromatic nitrogens is 2. The van der Waals surface area contributed by atoms with Crippen LogP contribution in [0.25, 0.3) is 0 Å². The van der Waals surface area contributed by atoms with Gasteiger partial charge >= 0.3 is 0 Å². The fourth-order valence-electron chi connectivity index (χ4n) is 1.76. The zero-order valence-corrected chi connectivity index (χ0v) is 11.1. The van der Waals surface area contributed by atoms with E-state index >= 15 is 0 Å². The van der Waals surface area contributed by atoms with Crippen LogP contribution in [0.5, 0.6) is 0 Å². The molecule has 1 atom stereocenters. The number of carbonyl (C=O) groups excluding carboxylic acids is 1. The molecular weight excluding hydrogens is 272 g/mol. The Morgan fingerprint density at radius 3 is 3.11 bits per heavy atom. The molecule has 0 saturated carbocycles. The summed E-state index contributed by atoms with van der Waals surface area (Å²) in [4.78, 5) is 21.3. The van der Waals surface area contributed by atoms with Crippen LogP contribution in [0.2, 0.25) is 5.15 Å². The number of halogens is 1. The Kier molecular flexibility index (Phi) is 4.35. The van der Waals surface area contributed by atoms with Gasteiger partial charge in [0.2, 0.25) is 11.9 Å². The van der Waals surface area contributed by atoms with Crippen LogP contribution in [-0.4, -0.2) is 48.7 Å². The number of hydrogen-bond donors (Lipinski definition) is 3. The maximum absolute atomic E-state index is 11.2. The quantitative estimate of drug-likeness (QED) is 0.500. The van der Waals surface area contributed by atoms with Crippen molar-refractivity contribution in [3.8, 4) is 0 Å². The molecule has 1 aliphatic rings. The number of hydrogen-bond acceptors (Lipinski definition) is 7. The van der Waals surface area contributed by atoms with E-state index in [0.29, 0.717) is 36.6 Å². The van der Waals surface area contributed by atoms with Crippen LogP contribution >= 0.6 is 11.6 Å². The molecule has 1 aliphatic heterocycles. The molecule has 0 bridgehead atoms. The summed E-state index contributed by atoms with van der Waals surface area (Å²) < 4.78 is 5.28. The van der Waals surface area contributed by atoms with Crippen LogP contribution in [0, 0.1) is 0 Å². The lowest BCUT2D eigenvalue weighted by molar-refractivity contribution is -0.130. The molecule has 2 heterocycles. The average molecular weight is 287 g/mol. The molecule has 0 radical (unpaired) electrons. The summed E-state index contributed by atoms with van der Waals surface area (Å²) in [5, 5.41) is 0.310. The Hall–Kier alpha value is -1.64. The van der Waals surface area contributed by atoms with Crippen molar-refractivity contribution in [3.05, 3.63) is 11.2 Å². The summed E-state index contributed by atoms with van der Waals surface area (Å²) in [6, 6.07) is 1.63. The first kappa shape index (κ1) is 13.8. The molecule has 104 valence electrons. The number of carbonyl (C=O) groups is 1. The van der Waals surface area contributed by atoms with E-state index in [9.17, 15) is 4.79 Å². The van der Waals surface area contributed by atoms with Crippen molar-refractivity contribution in [1.82, 2.24) is 15.4 Å². The smallest absolute Gasteiger partial charge is 0.248 e. The van der Waals surface area contributed by atoms with Crippen molar-refractivity contribution in [3.63, 3.8) is 0 Å². The normalized spacial score (nSPS) is 19.3. The third kappa shape index (κ3) is 3.43. The standard InChI is InChI=1S/C10H15ClN6O2/c1-13-16-10-14-7(11)4-8(15-10)17-2-3-19-6(5-17)9(12)18/h4,6,13H,2-3,5H2,1H3,(H2,12,18)(H,14,15,16). The zero-order chi connectivity index (χ0) is 13.8. The van der Waals surface area contributed by atoms with E-state index in [1.807, 2.05) is 4.90 Å². The average Bonchev–Trinajstić information content (AvgIpc) is 2.38. The van der Waals surface area contributed by atoms with Gasteiger partial charge in [0.1, 0.15) is 11.0 Å². The zero-order valence-electron chi connectivity index (χ0n) is 10.4. The summed E-state index contributed by atoms with van der Waals surface area (Å²) in [5.41, 5.74) is 10.7. The highest BCUT2D eigenvalue weighted by Crippen LogP contribution is 2.20. The molecule has 2 rings (SSSR count). The van der Waals surface area contributed by atoms with Gasteiger partial charge in [-0.1, -0.05) is 11.6 Å². The summed E-state index contributed by atoms with van der Waals surface area (Å²) in [6.07, 6.45) is -0.636. The molecule has 1 unspecified atom stereocenters. The van der Waals surface area contributed by atoms with Crippen molar-refractivity contribution in [1.29, 1.82) is 0 Å². The first-order valence-electron chi connectivity index (χ1n) is 5.73. The number of hydrazine groups is 1. The highest BCUT2D eigenvalue weighted by Gasteiger charge is 2.26. The Morgan fingerprint density at radius 1 is 1.63 bits per heavy atom. The number of primary amides is 1. The topological polar surface area (TPSA) is 105 Å². The molecule has 1 saturated heterocycles. The largest absolute Gasteiger partial charge is 0.367 e. The van der Waals surface area contributed by atoms with Crippen LogP contribution in [-0.2, 0) is 9.53 Å². The Balaban J connectivity index is 2.18. The van der Waals surface area contributed by atoms with Gasteiger partial charge in [-0.15, -0.1) is 0 Å². The number of rotatable bonds is 4. The van der Waals surface area contributed by atoms with Crippen molar-refractivity contribution >= 4 is 29.3 Å². The van der Waals surface area contributed by atoms with Crippen LogP contribution in [0.4, 0.5) is 11.8 Å². The monoisotopic (exact) mass is 286 g/mol. The molecular formula is C10H15ClN6O2. The van der Waals surface area contributed by atoms with Crippen LogP contribution in [0.3, 0.4) is 0 Å². The molecule has 19 heavy (non-hydrogen) atoms. The maximum atomic E-state index is 11.2. The summed E-state index contributed by atoms with van der Waals surface area (Å²) in [5.74, 6) is 0.484. The predicted molar refractivity (Wildman–Crippen MR) is 70.9 cm³/mol. The van der Waals surface area contributed by atoms with Gasteiger partial charge < -0.3 is 15.4 Å². The van der Waals surface area contributed by atoms with Gasteiger partial charge in [-0.05, 0) is 0 Å². The summed E-state index contributed by atoms with van der Waals surface area (Å²) in [7, 11) is 1.70. The molecule has 1 amide bonds. The Morgan fingerprint density at radius 2 is 2.42 bits per heavy atom. The van der Waals surface area contributed by atoms with Gasteiger partial charge in [0.25, 0.3) is 0 Å². The van der Waals surface area contributed by atoms with Crippen molar-refractivity contribution in [2.24, 2.45) is 5.73 Å². The van der Waals surface area contributed by atoms with Gasteiger partial charge in [-0.25, -0.2) is 5.43 Å². The van der Waals surface area contributed by atoms with Crippen molar-refractivity contribution in [2.45, 2.75) is 6.10 Å². The van der Waals surface area contributed by atoms with Gasteiger partial charge in [0, 0.05) is 19.7 Å². The summed E-state index contributed by atoms with van der Waals surface area (Å²) >= 11 is 5.94. The fraction of sp³-hybridized carbons (Fsp3) is 0.500. The molecule has 4 N–H and O–H groups in total. The molecule has 0 aliphatic carbocycles. The molecule has 1 fully saturated rings. The lowest BCUT2D eigenvalue weighted by Gasteiger charge is -2.32. The maximum Gasteiger partial charge on any atom is 0.248 e. The van der Waals surface area contributed by atoms with Gasteiger partial charge in [-0.3, -0.25) is 10.2 Å². The number of nitrogens with zero attached hydrogens (tertiary/aromatic N) is 3. The van der Waals surface area contributed by atoms with E-state index in [2.05, 4.69) is 20.8 Å². The summed E-state index contributed by atoms with van der Waals surface area (Å²) in [6.45, 7) is 1.36. The molecule has 8 nitrogen and oxygen atoms in total. The van der Waals surface area contributed by atoms with Gasteiger partial charge in [-0.2, -0.15) is 9.97 Å². The highest BCUT2D eigenvalue weighted by atomic mass is 35.5. The van der Waals surface area contributed by atoms with E-state index in [-0.39, 0.29) is 0 Å². The SMILES string of the molecule is CNNc1nc(Cl)cc(N2CCOC(C(N)=O)C2)n1. The highest BCUT2D eigenvalue weighted by molar-refractivity contribution is 6.29. The number of amides is 1. The second kappa shape index (κ2) is 6.00. The molecule has 1 aromatic rings. The van der Waals surface area contributed by atoms with Crippen molar-refractivity contribution in [2.75, 3.05) is 37.1 Å². The number of nitrogens with one attached hydrogen (secondary N) is 2. The third-order valence-corrected chi connectivity index (χ3v) is 2.82. The van der Waals surface area contributed by atoms with E-state index in [0.717, 1.165) is 0 Å². The third-order valence-electron chi connectivity index (χ3n) is 2.63. The van der Waals surface area contributed by atoms with Gasteiger partial charge in [0.15, 0.2) is 6.10 Å². The van der Waals surface area contributed by atoms with Crippen LogP contribution in [0.1, 0.15) is 0 Å². The van der Waals surface area contributed by atoms with E-state index in [1.54, 1.807) is 13.1 Å². The minimum atomic E-state index is -0.636. The van der Waals surface area contributed by atoms with E-state index in [4.69, 9.17) is 22.1 Å². The minimum Gasteiger partial charge on any atom is -0.367 e. The Bertz CT molecular complexity index is 471. The van der Waals surface area contributed by atoms with Crippen LogP contribution < -0.4 is 21.5 Å². The number of anilines is 2. The number of ether oxygens (including phenoxy) is 1. The molecule has 0 aromatic carbocycles.